The summed E-state index contributed by atoms with van der Waals surface area (Å²) in [6.07, 6.45) is 2.82. The summed E-state index contributed by atoms with van der Waals surface area (Å²) in [4.78, 5) is 25.0. The van der Waals surface area contributed by atoms with Gasteiger partial charge in [0.25, 0.3) is 5.91 Å². The number of hydrogen-bond acceptors (Lipinski definition) is 4. The molecule has 2 aromatic rings. The lowest BCUT2D eigenvalue weighted by molar-refractivity contribution is -0.131. The summed E-state index contributed by atoms with van der Waals surface area (Å²) in [5.74, 6) is -0.692. The number of carbonyl (C=O) groups is 2. The molecular formula is C20H16ClF2N3O3. The third-order valence-electron chi connectivity index (χ3n) is 4.23. The summed E-state index contributed by atoms with van der Waals surface area (Å²) in [6, 6.07) is 13.9. The second-order valence-electron chi connectivity index (χ2n) is 6.26. The molecule has 1 atom stereocenters. The van der Waals surface area contributed by atoms with Crippen LogP contribution in [0.15, 0.2) is 64.7 Å². The van der Waals surface area contributed by atoms with E-state index in [1.54, 1.807) is 6.08 Å². The minimum Gasteiger partial charge on any atom is -0.435 e. The molecule has 1 aliphatic rings. The van der Waals surface area contributed by atoms with Crippen molar-refractivity contribution in [2.45, 2.75) is 19.1 Å². The Bertz CT molecular complexity index is 965. The van der Waals surface area contributed by atoms with Crippen molar-refractivity contribution in [1.82, 2.24) is 10.3 Å². The Balaban J connectivity index is 1.77. The highest BCUT2D eigenvalue weighted by atomic mass is 35.5. The Kier molecular flexibility index (Phi) is 5.93. The Morgan fingerprint density at radius 1 is 1.17 bits per heavy atom. The normalized spacial score (nSPS) is 19.9. The Labute approximate surface area is 170 Å². The van der Waals surface area contributed by atoms with Gasteiger partial charge in [-0.25, -0.2) is 4.79 Å². The number of allylic oxidation sites excluding steroid dienone is 1. The number of nitrogens with one attached hydrogen (secondary N) is 1. The maximum atomic E-state index is 12.8. The summed E-state index contributed by atoms with van der Waals surface area (Å²) in [5.41, 5.74) is -0.189. The third-order valence-corrected chi connectivity index (χ3v) is 4.43. The van der Waals surface area contributed by atoms with Gasteiger partial charge in [0.1, 0.15) is 11.3 Å². The predicted octanol–water partition coefficient (Wildman–Crippen LogP) is 4.32. The summed E-state index contributed by atoms with van der Waals surface area (Å²) in [5, 5.41) is 7.33. The zero-order valence-corrected chi connectivity index (χ0v) is 15.9. The average Bonchev–Trinajstić information content (AvgIpc) is 2.90. The number of urea groups is 1. The van der Waals surface area contributed by atoms with Crippen LogP contribution in [0.25, 0.3) is 6.08 Å². The lowest BCUT2D eigenvalue weighted by Crippen LogP contribution is -2.40. The molecule has 0 aliphatic carbocycles. The fraction of sp³-hybridized carbons (Fsp3) is 0.150. The van der Waals surface area contributed by atoms with Gasteiger partial charge in [0.2, 0.25) is 0 Å². The number of alkyl halides is 2. The Morgan fingerprint density at radius 3 is 2.45 bits per heavy atom. The van der Waals surface area contributed by atoms with Crippen LogP contribution in [-0.2, 0) is 10.3 Å². The van der Waals surface area contributed by atoms with E-state index < -0.39 is 24.1 Å². The first-order valence-electron chi connectivity index (χ1n) is 8.48. The van der Waals surface area contributed by atoms with Crippen molar-refractivity contribution in [2.24, 2.45) is 5.10 Å². The molecule has 1 unspecified atom stereocenters. The maximum Gasteiger partial charge on any atom is 0.387 e. The SMILES string of the molecule is CC1(c2ccc(OC(F)F)cc2)NC(=O)N(N=CC(Cl)=Cc2ccccc2)C1=O. The molecule has 2 aromatic carbocycles. The number of halogens is 3. The van der Waals surface area contributed by atoms with Gasteiger partial charge in [0.05, 0.1) is 11.2 Å². The van der Waals surface area contributed by atoms with Gasteiger partial charge in [-0.3, -0.25) is 4.79 Å². The van der Waals surface area contributed by atoms with Crippen molar-refractivity contribution >= 4 is 35.8 Å². The van der Waals surface area contributed by atoms with Crippen LogP contribution in [0.1, 0.15) is 18.1 Å². The highest BCUT2D eigenvalue weighted by molar-refractivity contribution is 6.41. The number of hydrogen-bond donors (Lipinski definition) is 1. The zero-order chi connectivity index (χ0) is 21.0. The number of nitrogens with zero attached hydrogens (tertiary/aromatic N) is 2. The first kappa shape index (κ1) is 20.5. The minimum absolute atomic E-state index is 0.0585. The van der Waals surface area contributed by atoms with Crippen molar-refractivity contribution < 1.29 is 23.1 Å². The van der Waals surface area contributed by atoms with E-state index in [2.05, 4.69) is 15.2 Å². The van der Waals surface area contributed by atoms with Gasteiger partial charge in [-0.2, -0.15) is 13.9 Å². The number of hydrazone groups is 1. The van der Waals surface area contributed by atoms with E-state index in [-0.39, 0.29) is 10.8 Å². The molecular weight excluding hydrogens is 404 g/mol. The highest BCUT2D eigenvalue weighted by Crippen LogP contribution is 2.30. The topological polar surface area (TPSA) is 71.0 Å². The van der Waals surface area contributed by atoms with Crippen LogP contribution in [0.5, 0.6) is 5.75 Å². The molecule has 1 fully saturated rings. The Hall–Kier alpha value is -3.26. The number of carbonyl (C=O) groups excluding carboxylic acids is 2. The molecule has 1 N–H and O–H groups in total. The predicted molar refractivity (Wildman–Crippen MR) is 105 cm³/mol. The van der Waals surface area contributed by atoms with Crippen molar-refractivity contribution in [3.8, 4) is 5.75 Å². The van der Waals surface area contributed by atoms with Crippen molar-refractivity contribution in [3.63, 3.8) is 0 Å². The Morgan fingerprint density at radius 2 is 1.83 bits per heavy atom. The zero-order valence-electron chi connectivity index (χ0n) is 15.2. The molecule has 1 saturated heterocycles. The number of benzene rings is 2. The molecule has 0 spiro atoms. The second kappa shape index (κ2) is 8.40. The van der Waals surface area contributed by atoms with E-state index in [0.717, 1.165) is 5.56 Å². The highest BCUT2D eigenvalue weighted by Gasteiger charge is 2.49. The fourth-order valence-electron chi connectivity index (χ4n) is 2.75. The van der Waals surface area contributed by atoms with Gasteiger partial charge in [-0.15, -0.1) is 5.01 Å². The van der Waals surface area contributed by atoms with Crippen LogP contribution in [0.3, 0.4) is 0 Å². The van der Waals surface area contributed by atoms with E-state index in [4.69, 9.17) is 11.6 Å². The molecule has 0 bridgehead atoms. The average molecular weight is 420 g/mol. The molecule has 6 nitrogen and oxygen atoms in total. The molecule has 0 radical (unpaired) electrons. The number of amides is 3. The van der Waals surface area contributed by atoms with Gasteiger partial charge in [-0.1, -0.05) is 54.1 Å². The molecule has 0 aromatic heterocycles. The van der Waals surface area contributed by atoms with Gasteiger partial charge in [0.15, 0.2) is 0 Å². The summed E-state index contributed by atoms with van der Waals surface area (Å²) < 4.78 is 28.8. The van der Waals surface area contributed by atoms with E-state index in [0.29, 0.717) is 10.6 Å². The smallest absolute Gasteiger partial charge is 0.387 e. The number of rotatable bonds is 6. The van der Waals surface area contributed by atoms with Gasteiger partial charge in [-0.05, 0) is 36.3 Å². The molecule has 3 amide bonds. The van der Waals surface area contributed by atoms with E-state index in [1.807, 2.05) is 30.3 Å². The van der Waals surface area contributed by atoms with E-state index in [9.17, 15) is 18.4 Å². The monoisotopic (exact) mass is 419 g/mol. The molecule has 29 heavy (non-hydrogen) atoms. The lowest BCUT2D eigenvalue weighted by Gasteiger charge is -2.21. The molecule has 3 rings (SSSR count). The molecule has 1 heterocycles. The maximum absolute atomic E-state index is 12.8. The van der Waals surface area contributed by atoms with Crippen LogP contribution in [-0.4, -0.2) is 29.8 Å². The third kappa shape index (κ3) is 4.60. The molecule has 9 heteroatoms. The molecule has 1 aliphatic heterocycles. The largest absolute Gasteiger partial charge is 0.435 e. The van der Waals surface area contributed by atoms with Crippen molar-refractivity contribution in [2.75, 3.05) is 0 Å². The number of ether oxygens (including phenoxy) is 1. The second-order valence-corrected chi connectivity index (χ2v) is 6.70. The molecule has 150 valence electrons. The minimum atomic E-state index is -2.96. The summed E-state index contributed by atoms with van der Waals surface area (Å²) >= 11 is 6.10. The van der Waals surface area contributed by atoms with Crippen LogP contribution in [0.2, 0.25) is 0 Å². The quantitative estimate of drug-likeness (QED) is 0.560. The van der Waals surface area contributed by atoms with E-state index >= 15 is 0 Å². The first-order valence-corrected chi connectivity index (χ1v) is 8.85. The summed E-state index contributed by atoms with van der Waals surface area (Å²) in [7, 11) is 0. The van der Waals surface area contributed by atoms with Crippen molar-refractivity contribution in [3.05, 3.63) is 70.8 Å². The van der Waals surface area contributed by atoms with Gasteiger partial charge >= 0.3 is 12.6 Å². The van der Waals surface area contributed by atoms with E-state index in [1.165, 1.54) is 37.4 Å². The standard InChI is InChI=1S/C20H16ClF2N3O3/c1-20(14-7-9-16(10-8-14)29-18(22)23)17(27)26(19(28)25-20)24-12-15(21)11-13-5-3-2-4-6-13/h2-12,18H,1H3,(H,25,28). The molecule has 0 saturated carbocycles. The van der Waals surface area contributed by atoms with Crippen LogP contribution in [0.4, 0.5) is 13.6 Å². The van der Waals surface area contributed by atoms with Crippen LogP contribution >= 0.6 is 11.6 Å². The van der Waals surface area contributed by atoms with Gasteiger partial charge < -0.3 is 10.1 Å². The summed E-state index contributed by atoms with van der Waals surface area (Å²) in [6.45, 7) is -1.46. The fourth-order valence-corrected chi connectivity index (χ4v) is 2.92. The van der Waals surface area contributed by atoms with Crippen molar-refractivity contribution in [1.29, 1.82) is 0 Å². The first-order chi connectivity index (χ1) is 13.8. The van der Waals surface area contributed by atoms with Gasteiger partial charge in [0, 0.05) is 0 Å². The van der Waals surface area contributed by atoms with Crippen LogP contribution < -0.4 is 10.1 Å². The van der Waals surface area contributed by atoms with Crippen LogP contribution in [0, 0.1) is 0 Å². The lowest BCUT2D eigenvalue weighted by atomic mass is 9.92. The number of imide groups is 1.